The Kier molecular flexibility index (Phi) is 5.47. The number of benzene rings is 4. The molecule has 0 aliphatic heterocycles. The van der Waals surface area contributed by atoms with Crippen molar-refractivity contribution < 1.29 is 0 Å². The highest BCUT2D eigenvalue weighted by atomic mass is 32.1. The van der Waals surface area contributed by atoms with Crippen LogP contribution in [0.15, 0.2) is 132 Å². The normalized spacial score (nSPS) is 11.5. The third-order valence-electron chi connectivity index (χ3n) is 7.27. The van der Waals surface area contributed by atoms with Gasteiger partial charge in [0.2, 0.25) is 0 Å². The minimum absolute atomic E-state index is 1.00. The molecule has 0 unspecified atom stereocenters. The zero-order valence-corrected chi connectivity index (χ0v) is 22.9. The summed E-state index contributed by atoms with van der Waals surface area (Å²) in [5.74, 6) is 0. The van der Waals surface area contributed by atoms with Crippen LogP contribution in [0.3, 0.4) is 0 Å². The number of imidazole rings is 2. The average Bonchev–Trinajstić information content (AvgIpc) is 3.80. The lowest BCUT2D eigenvalue weighted by atomic mass is 9.98. The molecule has 190 valence electrons. The minimum Gasteiger partial charge on any atom is -0.290 e. The van der Waals surface area contributed by atoms with Crippen LogP contribution in [0.4, 0.5) is 0 Å². The van der Waals surface area contributed by atoms with Gasteiger partial charge in [-0.2, -0.15) is 0 Å². The Morgan fingerprint density at radius 2 is 0.775 bits per heavy atom. The molecule has 0 atom stereocenters. The largest absolute Gasteiger partial charge is 0.290 e. The predicted octanol–water partition coefficient (Wildman–Crippen LogP) is 9.44. The van der Waals surface area contributed by atoms with Gasteiger partial charge in [0, 0.05) is 45.4 Å². The van der Waals surface area contributed by atoms with E-state index in [9.17, 15) is 0 Å². The first kappa shape index (κ1) is 23.1. The molecule has 4 aromatic carbocycles. The van der Waals surface area contributed by atoms with Crippen LogP contribution in [0.5, 0.6) is 0 Å². The van der Waals surface area contributed by atoms with Gasteiger partial charge in [-0.05, 0) is 11.1 Å². The smallest absolute Gasteiger partial charge is 0.194 e. The van der Waals surface area contributed by atoms with E-state index in [-0.39, 0.29) is 0 Å². The first-order valence-electron chi connectivity index (χ1n) is 13.1. The van der Waals surface area contributed by atoms with Crippen molar-refractivity contribution in [3.05, 3.63) is 132 Å². The Bertz CT molecular complexity index is 1930. The maximum Gasteiger partial charge on any atom is 0.194 e. The van der Waals surface area contributed by atoms with Crippen LogP contribution >= 0.6 is 22.7 Å². The van der Waals surface area contributed by atoms with E-state index in [1.807, 2.05) is 12.1 Å². The molecule has 0 spiro atoms. The molecule has 8 aromatic rings. The van der Waals surface area contributed by atoms with Crippen molar-refractivity contribution >= 4 is 32.6 Å². The summed E-state index contributed by atoms with van der Waals surface area (Å²) in [7, 11) is 0. The predicted molar refractivity (Wildman–Crippen MR) is 167 cm³/mol. The van der Waals surface area contributed by atoms with E-state index in [4.69, 9.17) is 9.97 Å². The topological polar surface area (TPSA) is 34.6 Å². The van der Waals surface area contributed by atoms with Gasteiger partial charge in [-0.3, -0.25) is 8.80 Å². The van der Waals surface area contributed by atoms with Crippen molar-refractivity contribution in [3.8, 4) is 56.2 Å². The lowest BCUT2D eigenvalue weighted by Gasteiger charge is -2.09. The maximum absolute atomic E-state index is 4.96. The van der Waals surface area contributed by atoms with E-state index in [1.54, 1.807) is 22.7 Å². The van der Waals surface area contributed by atoms with Crippen LogP contribution in [0.2, 0.25) is 0 Å². The van der Waals surface area contributed by atoms with Crippen molar-refractivity contribution in [1.82, 2.24) is 18.8 Å². The molecule has 0 saturated heterocycles. The summed E-state index contributed by atoms with van der Waals surface area (Å²) in [6, 6.07) is 38.5. The zero-order valence-electron chi connectivity index (χ0n) is 21.3. The number of fused-ring (bicyclic) bond motifs is 2. The maximum atomic E-state index is 4.96. The summed E-state index contributed by atoms with van der Waals surface area (Å²) in [5.41, 5.74) is 11.2. The quantitative estimate of drug-likeness (QED) is 0.214. The lowest BCUT2D eigenvalue weighted by Crippen LogP contribution is -1.89. The lowest BCUT2D eigenvalue weighted by molar-refractivity contribution is 1.23. The van der Waals surface area contributed by atoms with Crippen LogP contribution in [-0.2, 0) is 0 Å². The van der Waals surface area contributed by atoms with Crippen molar-refractivity contribution in [2.45, 2.75) is 0 Å². The molecule has 0 N–H and O–H groups in total. The van der Waals surface area contributed by atoms with Gasteiger partial charge >= 0.3 is 0 Å². The van der Waals surface area contributed by atoms with Gasteiger partial charge < -0.3 is 0 Å². The number of aromatic nitrogens is 4. The van der Waals surface area contributed by atoms with Gasteiger partial charge in [-0.15, -0.1) is 22.7 Å². The van der Waals surface area contributed by atoms with Crippen LogP contribution in [0, 0.1) is 0 Å². The number of thiazole rings is 2. The van der Waals surface area contributed by atoms with Crippen LogP contribution in [0.1, 0.15) is 0 Å². The van der Waals surface area contributed by atoms with Gasteiger partial charge in [0.25, 0.3) is 0 Å². The van der Waals surface area contributed by atoms with Gasteiger partial charge in [-0.1, -0.05) is 109 Å². The van der Waals surface area contributed by atoms with E-state index >= 15 is 0 Å². The molecule has 4 aromatic heterocycles. The molecule has 0 aliphatic carbocycles. The Morgan fingerprint density at radius 1 is 0.400 bits per heavy atom. The first-order chi connectivity index (χ1) is 19.8. The zero-order chi connectivity index (χ0) is 26.5. The Morgan fingerprint density at radius 3 is 1.18 bits per heavy atom. The highest BCUT2D eigenvalue weighted by molar-refractivity contribution is 7.15. The third-order valence-corrected chi connectivity index (χ3v) is 8.78. The van der Waals surface area contributed by atoms with E-state index in [2.05, 4.69) is 129 Å². The summed E-state index contributed by atoms with van der Waals surface area (Å²) in [6.07, 6.45) is 4.21. The second-order valence-electron chi connectivity index (χ2n) is 9.62. The monoisotopic (exact) mass is 550 g/mol. The average molecular weight is 551 g/mol. The van der Waals surface area contributed by atoms with Crippen LogP contribution in [-0.4, -0.2) is 18.8 Å². The second-order valence-corrected chi connectivity index (χ2v) is 11.4. The number of nitrogens with zero attached hydrogens (tertiary/aromatic N) is 4. The molecule has 0 fully saturated rings. The SMILES string of the molecule is c1ccc(-c2nc3sccn3c2-c2ccc(-c3ccc(-c4c(-c5ccccc5)nc5sccn45)cc3)cc2)cc1. The van der Waals surface area contributed by atoms with Crippen molar-refractivity contribution in [1.29, 1.82) is 0 Å². The number of hydrogen-bond acceptors (Lipinski definition) is 4. The summed E-state index contributed by atoms with van der Waals surface area (Å²) in [6.45, 7) is 0. The van der Waals surface area contributed by atoms with Crippen molar-refractivity contribution in [3.63, 3.8) is 0 Å². The summed E-state index contributed by atoms with van der Waals surface area (Å²) < 4.78 is 4.38. The molecule has 0 saturated carbocycles. The minimum atomic E-state index is 1.00. The Labute approximate surface area is 239 Å². The van der Waals surface area contributed by atoms with Gasteiger partial charge in [0.05, 0.1) is 22.8 Å². The molecule has 0 bridgehead atoms. The Hall–Kier alpha value is -4.78. The summed E-state index contributed by atoms with van der Waals surface area (Å²) in [5, 5.41) is 4.17. The summed E-state index contributed by atoms with van der Waals surface area (Å²) in [4.78, 5) is 11.9. The van der Waals surface area contributed by atoms with Crippen molar-refractivity contribution in [2.75, 3.05) is 0 Å². The van der Waals surface area contributed by atoms with Crippen LogP contribution < -0.4 is 0 Å². The second kappa shape index (κ2) is 9.45. The first-order valence-corrected chi connectivity index (χ1v) is 14.8. The summed E-state index contributed by atoms with van der Waals surface area (Å²) >= 11 is 3.32. The number of hydrogen-bond donors (Lipinski definition) is 0. The standard InChI is InChI=1S/C34H22N4S2/c1-3-7-25(8-4-1)29-31(37-19-21-39-33(37)35-29)27-15-11-23(12-16-27)24-13-17-28(18-14-24)32-30(26-9-5-2-6-10-26)36-34-38(32)20-22-40-34/h1-22H. The highest BCUT2D eigenvalue weighted by Gasteiger charge is 2.18. The molecule has 0 amide bonds. The van der Waals surface area contributed by atoms with Gasteiger partial charge in [0.1, 0.15) is 0 Å². The van der Waals surface area contributed by atoms with Gasteiger partial charge in [0.15, 0.2) is 9.92 Å². The van der Waals surface area contributed by atoms with E-state index < -0.39 is 0 Å². The number of rotatable bonds is 5. The van der Waals surface area contributed by atoms with Gasteiger partial charge in [-0.25, -0.2) is 9.97 Å². The fourth-order valence-corrected chi connectivity index (χ4v) is 6.79. The van der Waals surface area contributed by atoms with Crippen LogP contribution in [0.25, 0.3) is 66.1 Å². The fraction of sp³-hybridized carbons (Fsp3) is 0. The highest BCUT2D eigenvalue weighted by Crippen LogP contribution is 2.37. The van der Waals surface area contributed by atoms with E-state index in [0.29, 0.717) is 0 Å². The Balaban J connectivity index is 1.16. The molecule has 0 radical (unpaired) electrons. The molecular formula is C34H22N4S2. The molecular weight excluding hydrogens is 529 g/mol. The van der Waals surface area contributed by atoms with E-state index in [1.165, 1.54) is 11.1 Å². The molecule has 0 aliphatic rings. The van der Waals surface area contributed by atoms with Crippen molar-refractivity contribution in [2.24, 2.45) is 0 Å². The molecule has 8 rings (SSSR count). The fourth-order valence-electron chi connectivity index (χ4n) is 5.36. The molecule has 40 heavy (non-hydrogen) atoms. The third kappa shape index (κ3) is 3.80. The molecule has 6 heteroatoms. The van der Waals surface area contributed by atoms with E-state index in [0.717, 1.165) is 55.0 Å². The molecule has 4 heterocycles. The molecule has 4 nitrogen and oxygen atoms in total.